The molecule has 1 fully saturated rings. The summed E-state index contributed by atoms with van der Waals surface area (Å²) in [7, 11) is 0.787. The van der Waals surface area contributed by atoms with Crippen LogP contribution in [0.1, 0.15) is 18.4 Å². The normalized spacial score (nSPS) is 17.9. The summed E-state index contributed by atoms with van der Waals surface area (Å²) in [5.41, 5.74) is 2.56. The van der Waals surface area contributed by atoms with E-state index in [1.807, 2.05) is 30.3 Å². The topological polar surface area (TPSA) is 56.7 Å². The Kier molecular flexibility index (Phi) is 9.93. The van der Waals surface area contributed by atoms with E-state index in [0.717, 1.165) is 36.8 Å². The van der Waals surface area contributed by atoms with Crippen molar-refractivity contribution in [1.82, 2.24) is 10.6 Å². The van der Waals surface area contributed by atoms with Crippen LogP contribution in [0.3, 0.4) is 0 Å². The van der Waals surface area contributed by atoms with Crippen molar-refractivity contribution < 1.29 is 4.21 Å². The van der Waals surface area contributed by atoms with E-state index in [9.17, 15) is 4.21 Å². The zero-order valence-electron chi connectivity index (χ0n) is 17.1. The Bertz CT molecular complexity index is 798. The number of guanidine groups is 1. The Labute approximate surface area is 193 Å². The molecule has 5 nitrogen and oxygen atoms in total. The number of aryl methyl sites for hydroxylation is 1. The van der Waals surface area contributed by atoms with Crippen LogP contribution < -0.4 is 15.5 Å². The Morgan fingerprint density at radius 3 is 2.59 bits per heavy atom. The average Bonchev–Trinajstić information content (AvgIpc) is 2.74. The SMILES string of the molecule is CN=C(NCCS(=O)c1ccccc1)NC1CCCN(c2ccc(C)cc2)C1.I. The van der Waals surface area contributed by atoms with Crippen molar-refractivity contribution in [2.75, 3.05) is 37.3 Å². The number of nitrogens with zero attached hydrogens (tertiary/aromatic N) is 2. The number of anilines is 1. The van der Waals surface area contributed by atoms with Crippen molar-refractivity contribution in [3.8, 4) is 0 Å². The molecule has 2 aromatic carbocycles. The van der Waals surface area contributed by atoms with Gasteiger partial charge in [-0.1, -0.05) is 35.9 Å². The molecule has 0 aliphatic carbocycles. The van der Waals surface area contributed by atoms with E-state index in [2.05, 4.69) is 51.7 Å². The fraction of sp³-hybridized carbons (Fsp3) is 0.409. The fourth-order valence-electron chi connectivity index (χ4n) is 3.43. The van der Waals surface area contributed by atoms with Gasteiger partial charge in [-0.3, -0.25) is 9.20 Å². The van der Waals surface area contributed by atoms with Crippen molar-refractivity contribution >= 4 is 46.4 Å². The number of nitrogens with one attached hydrogen (secondary N) is 2. The van der Waals surface area contributed by atoms with E-state index in [1.54, 1.807) is 7.05 Å². The van der Waals surface area contributed by atoms with Gasteiger partial charge in [0.05, 0.1) is 10.8 Å². The van der Waals surface area contributed by atoms with Crippen LogP contribution in [0.25, 0.3) is 0 Å². The third-order valence-electron chi connectivity index (χ3n) is 4.97. The molecule has 2 atom stereocenters. The van der Waals surface area contributed by atoms with Crippen molar-refractivity contribution in [1.29, 1.82) is 0 Å². The van der Waals surface area contributed by atoms with Gasteiger partial charge in [0.25, 0.3) is 0 Å². The standard InChI is InChI=1S/C22H30N4OS.HI/c1-18-10-12-20(13-11-18)26-15-6-7-19(17-26)25-22(23-2)24-14-16-28(27)21-8-4-3-5-9-21;/h3-5,8-13,19H,6-7,14-17H2,1-2H3,(H2,23,24,25);1H. The first-order chi connectivity index (χ1) is 13.7. The van der Waals surface area contributed by atoms with Crippen LogP contribution in [-0.4, -0.2) is 48.6 Å². The average molecular weight is 526 g/mol. The van der Waals surface area contributed by atoms with Gasteiger partial charge in [-0.25, -0.2) is 0 Å². The fourth-order valence-corrected chi connectivity index (χ4v) is 4.41. The molecule has 0 aromatic heterocycles. The molecule has 1 heterocycles. The second-order valence-electron chi connectivity index (χ2n) is 7.13. The van der Waals surface area contributed by atoms with Gasteiger partial charge in [0.2, 0.25) is 0 Å². The van der Waals surface area contributed by atoms with E-state index in [1.165, 1.54) is 11.3 Å². The molecule has 158 valence electrons. The number of benzene rings is 2. The molecule has 7 heteroatoms. The number of hydrogen-bond donors (Lipinski definition) is 2. The highest BCUT2D eigenvalue weighted by Gasteiger charge is 2.21. The van der Waals surface area contributed by atoms with Crippen LogP contribution in [-0.2, 0) is 10.8 Å². The lowest BCUT2D eigenvalue weighted by molar-refractivity contribution is 0.468. The minimum atomic E-state index is -0.995. The lowest BCUT2D eigenvalue weighted by Crippen LogP contribution is -2.51. The van der Waals surface area contributed by atoms with Gasteiger partial charge in [-0.05, 0) is 44.0 Å². The predicted octanol–water partition coefficient (Wildman–Crippen LogP) is 3.55. The molecule has 0 amide bonds. The number of piperidine rings is 1. The summed E-state index contributed by atoms with van der Waals surface area (Å²) in [5.74, 6) is 1.34. The molecule has 0 radical (unpaired) electrons. The zero-order chi connectivity index (χ0) is 19.8. The molecule has 0 spiro atoms. The molecule has 1 saturated heterocycles. The van der Waals surface area contributed by atoms with Crippen LogP contribution >= 0.6 is 24.0 Å². The summed E-state index contributed by atoms with van der Waals surface area (Å²) in [6.45, 7) is 4.78. The lowest BCUT2D eigenvalue weighted by Gasteiger charge is -2.35. The third-order valence-corrected chi connectivity index (χ3v) is 6.34. The maximum absolute atomic E-state index is 12.3. The van der Waals surface area contributed by atoms with Gasteiger partial charge < -0.3 is 15.5 Å². The minimum absolute atomic E-state index is 0. The summed E-state index contributed by atoms with van der Waals surface area (Å²) in [6, 6.07) is 18.7. The van der Waals surface area contributed by atoms with Crippen molar-refractivity contribution in [3.63, 3.8) is 0 Å². The summed E-state index contributed by atoms with van der Waals surface area (Å²) < 4.78 is 12.3. The maximum Gasteiger partial charge on any atom is 0.191 e. The molecule has 2 unspecified atom stereocenters. The largest absolute Gasteiger partial charge is 0.369 e. The summed E-state index contributed by atoms with van der Waals surface area (Å²) in [5, 5.41) is 6.84. The lowest BCUT2D eigenvalue weighted by atomic mass is 10.0. The smallest absolute Gasteiger partial charge is 0.191 e. The number of aliphatic imine (C=N–C) groups is 1. The number of halogens is 1. The highest BCUT2D eigenvalue weighted by Crippen LogP contribution is 2.20. The number of rotatable bonds is 6. The first kappa shape index (κ1) is 23.7. The monoisotopic (exact) mass is 526 g/mol. The van der Waals surface area contributed by atoms with E-state index in [-0.39, 0.29) is 24.0 Å². The van der Waals surface area contributed by atoms with E-state index in [0.29, 0.717) is 18.3 Å². The minimum Gasteiger partial charge on any atom is -0.369 e. The Morgan fingerprint density at radius 2 is 1.90 bits per heavy atom. The summed E-state index contributed by atoms with van der Waals surface area (Å²) in [6.07, 6.45) is 2.28. The van der Waals surface area contributed by atoms with Crippen molar-refractivity contribution in [2.24, 2.45) is 4.99 Å². The van der Waals surface area contributed by atoms with Gasteiger partial charge in [-0.15, -0.1) is 24.0 Å². The number of hydrogen-bond acceptors (Lipinski definition) is 3. The second-order valence-corrected chi connectivity index (χ2v) is 8.70. The predicted molar refractivity (Wildman–Crippen MR) is 134 cm³/mol. The maximum atomic E-state index is 12.3. The van der Waals surface area contributed by atoms with Crippen LogP contribution in [0.5, 0.6) is 0 Å². The van der Waals surface area contributed by atoms with Gasteiger partial charge in [-0.2, -0.15) is 0 Å². The zero-order valence-corrected chi connectivity index (χ0v) is 20.3. The molecule has 0 saturated carbocycles. The quantitative estimate of drug-likeness (QED) is 0.344. The Hall–Kier alpha value is -1.61. The molecule has 1 aliphatic rings. The van der Waals surface area contributed by atoms with Gasteiger partial charge >= 0.3 is 0 Å². The molecular formula is C22H31IN4OS. The first-order valence-corrected chi connectivity index (χ1v) is 11.2. The van der Waals surface area contributed by atoms with E-state index >= 15 is 0 Å². The summed E-state index contributed by atoms with van der Waals surface area (Å²) >= 11 is 0. The highest BCUT2D eigenvalue weighted by molar-refractivity contribution is 14.0. The van der Waals surface area contributed by atoms with Crippen LogP contribution in [0.2, 0.25) is 0 Å². The molecule has 29 heavy (non-hydrogen) atoms. The Balaban J connectivity index is 0.00000300. The molecular weight excluding hydrogens is 495 g/mol. The van der Waals surface area contributed by atoms with Crippen LogP contribution in [0.15, 0.2) is 64.5 Å². The van der Waals surface area contributed by atoms with Crippen LogP contribution in [0, 0.1) is 6.92 Å². The highest BCUT2D eigenvalue weighted by atomic mass is 127. The Morgan fingerprint density at radius 1 is 1.17 bits per heavy atom. The van der Waals surface area contributed by atoms with E-state index in [4.69, 9.17) is 0 Å². The van der Waals surface area contributed by atoms with Gasteiger partial charge in [0.15, 0.2) is 5.96 Å². The van der Waals surface area contributed by atoms with Crippen LogP contribution in [0.4, 0.5) is 5.69 Å². The molecule has 0 bridgehead atoms. The molecule has 2 N–H and O–H groups in total. The molecule has 3 rings (SSSR count). The molecule has 2 aromatic rings. The van der Waals surface area contributed by atoms with E-state index < -0.39 is 10.8 Å². The van der Waals surface area contributed by atoms with Gasteiger partial charge in [0, 0.05) is 49.1 Å². The van der Waals surface area contributed by atoms with Crippen molar-refractivity contribution in [3.05, 3.63) is 60.2 Å². The van der Waals surface area contributed by atoms with Gasteiger partial charge in [0.1, 0.15) is 0 Å². The second kappa shape index (κ2) is 12.2. The molecule has 1 aliphatic heterocycles. The first-order valence-electron chi connectivity index (χ1n) is 9.88. The summed E-state index contributed by atoms with van der Waals surface area (Å²) in [4.78, 5) is 7.64. The third kappa shape index (κ3) is 7.29. The van der Waals surface area contributed by atoms with Crippen molar-refractivity contribution in [2.45, 2.75) is 30.7 Å².